The first kappa shape index (κ1) is 17.1. The van der Waals surface area contributed by atoms with Gasteiger partial charge in [-0.05, 0) is 12.8 Å². The van der Waals surface area contributed by atoms with E-state index in [-0.39, 0.29) is 5.91 Å². The zero-order chi connectivity index (χ0) is 17.9. The molecule has 4 rings (SSSR count). The molecule has 1 fully saturated rings. The molecule has 2 aliphatic rings. The number of hydrogen-bond acceptors (Lipinski definition) is 5. The maximum Gasteiger partial charge on any atom is 0.271 e. The van der Waals surface area contributed by atoms with Crippen molar-refractivity contribution in [3.63, 3.8) is 0 Å². The van der Waals surface area contributed by atoms with Crippen LogP contribution in [0.25, 0.3) is 0 Å². The van der Waals surface area contributed by atoms with Crippen molar-refractivity contribution >= 4 is 5.91 Å². The lowest BCUT2D eigenvalue weighted by molar-refractivity contribution is 0.0955. The Morgan fingerprint density at radius 1 is 1.27 bits per heavy atom. The van der Waals surface area contributed by atoms with Gasteiger partial charge in [-0.25, -0.2) is 9.97 Å². The Morgan fingerprint density at radius 2 is 2.04 bits per heavy atom. The van der Waals surface area contributed by atoms with E-state index in [1.165, 1.54) is 32.1 Å². The second-order valence-electron chi connectivity index (χ2n) is 7.35. The van der Waals surface area contributed by atoms with Gasteiger partial charge in [0, 0.05) is 68.2 Å². The highest BCUT2D eigenvalue weighted by Gasteiger charge is 2.25. The molecule has 0 radical (unpaired) electrons. The molecule has 1 aliphatic carbocycles. The van der Waals surface area contributed by atoms with Crippen molar-refractivity contribution in [1.82, 2.24) is 30.4 Å². The fourth-order valence-electron chi connectivity index (χ4n) is 4.07. The van der Waals surface area contributed by atoms with Crippen molar-refractivity contribution < 1.29 is 4.79 Å². The summed E-state index contributed by atoms with van der Waals surface area (Å²) in [5.41, 5.74) is 3.72. The van der Waals surface area contributed by atoms with E-state index in [0.717, 1.165) is 48.7 Å². The van der Waals surface area contributed by atoms with Crippen molar-refractivity contribution in [2.24, 2.45) is 0 Å². The van der Waals surface area contributed by atoms with Crippen LogP contribution in [0.15, 0.2) is 12.4 Å². The van der Waals surface area contributed by atoms with Crippen molar-refractivity contribution in [1.29, 1.82) is 0 Å². The van der Waals surface area contributed by atoms with E-state index in [2.05, 4.69) is 30.4 Å². The Morgan fingerprint density at radius 3 is 2.77 bits per heavy atom. The van der Waals surface area contributed by atoms with Crippen LogP contribution in [0, 0.1) is 0 Å². The minimum absolute atomic E-state index is 0.135. The third-order valence-corrected chi connectivity index (χ3v) is 5.56. The summed E-state index contributed by atoms with van der Waals surface area (Å²) in [5, 5.41) is 9.85. The number of hydrogen-bond donors (Lipinski definition) is 2. The van der Waals surface area contributed by atoms with E-state index >= 15 is 0 Å². The number of nitrogens with one attached hydrogen (secondary N) is 2. The molecular weight excluding hydrogens is 328 g/mol. The van der Waals surface area contributed by atoms with Crippen LogP contribution in [0.1, 0.15) is 71.2 Å². The van der Waals surface area contributed by atoms with E-state index in [0.29, 0.717) is 11.6 Å². The highest BCUT2D eigenvalue weighted by molar-refractivity contribution is 5.93. The minimum Gasteiger partial charge on any atom is -0.354 e. The first-order valence-electron chi connectivity index (χ1n) is 9.56. The number of carbonyl (C=O) groups excluding carboxylic acids is 1. The molecule has 3 heterocycles. The topological polar surface area (TPSA) is 86.8 Å². The SMILES string of the molecule is CNC(=O)c1n[nH]c2c1CN(Cc1cnc(C3CCCCC3)nc1)CC2. The van der Waals surface area contributed by atoms with Gasteiger partial charge in [0.15, 0.2) is 5.69 Å². The fourth-order valence-corrected chi connectivity index (χ4v) is 4.07. The predicted octanol–water partition coefficient (Wildman–Crippen LogP) is 2.17. The third-order valence-electron chi connectivity index (χ3n) is 5.56. The summed E-state index contributed by atoms with van der Waals surface area (Å²) in [5.74, 6) is 1.41. The summed E-state index contributed by atoms with van der Waals surface area (Å²) < 4.78 is 0. The van der Waals surface area contributed by atoms with Gasteiger partial charge in [0.2, 0.25) is 0 Å². The molecule has 2 aromatic rings. The Balaban J connectivity index is 1.42. The maximum atomic E-state index is 12.0. The summed E-state index contributed by atoms with van der Waals surface area (Å²) in [6.45, 7) is 2.45. The average molecular weight is 354 g/mol. The van der Waals surface area contributed by atoms with Gasteiger partial charge in [-0.2, -0.15) is 5.10 Å². The Labute approximate surface area is 153 Å². The van der Waals surface area contributed by atoms with Gasteiger partial charge in [0.25, 0.3) is 5.91 Å². The first-order chi connectivity index (χ1) is 12.7. The number of fused-ring (bicyclic) bond motifs is 1. The van der Waals surface area contributed by atoms with Crippen molar-refractivity contribution in [2.45, 2.75) is 57.5 Å². The molecule has 138 valence electrons. The van der Waals surface area contributed by atoms with Crippen LogP contribution in [0.5, 0.6) is 0 Å². The molecule has 0 spiro atoms. The Bertz CT molecular complexity index is 763. The maximum absolute atomic E-state index is 12.0. The van der Waals surface area contributed by atoms with E-state index < -0.39 is 0 Å². The summed E-state index contributed by atoms with van der Waals surface area (Å²) >= 11 is 0. The van der Waals surface area contributed by atoms with Gasteiger partial charge in [-0.1, -0.05) is 19.3 Å². The van der Waals surface area contributed by atoms with Gasteiger partial charge < -0.3 is 5.32 Å². The number of nitrogens with zero attached hydrogens (tertiary/aromatic N) is 4. The van der Waals surface area contributed by atoms with Gasteiger partial charge in [0.05, 0.1) is 0 Å². The van der Waals surface area contributed by atoms with Crippen molar-refractivity contribution in [3.8, 4) is 0 Å². The highest BCUT2D eigenvalue weighted by Crippen LogP contribution is 2.30. The third kappa shape index (κ3) is 3.49. The molecular formula is C19H26N6O. The lowest BCUT2D eigenvalue weighted by Gasteiger charge is -2.27. The molecule has 0 saturated heterocycles. The number of H-pyrrole nitrogens is 1. The molecule has 0 bridgehead atoms. The molecule has 0 aromatic carbocycles. The van der Waals surface area contributed by atoms with Gasteiger partial charge in [-0.15, -0.1) is 0 Å². The second kappa shape index (κ2) is 7.53. The predicted molar refractivity (Wildman–Crippen MR) is 97.7 cm³/mol. The quantitative estimate of drug-likeness (QED) is 0.879. The van der Waals surface area contributed by atoms with Crippen molar-refractivity contribution in [3.05, 3.63) is 40.7 Å². The molecule has 26 heavy (non-hydrogen) atoms. The van der Waals surface area contributed by atoms with Crippen LogP contribution in [-0.2, 0) is 19.5 Å². The fraction of sp³-hybridized carbons (Fsp3) is 0.579. The smallest absolute Gasteiger partial charge is 0.271 e. The van der Waals surface area contributed by atoms with Crippen LogP contribution in [0.4, 0.5) is 0 Å². The number of carbonyl (C=O) groups is 1. The van der Waals surface area contributed by atoms with Crippen LogP contribution in [0.2, 0.25) is 0 Å². The van der Waals surface area contributed by atoms with Crippen LogP contribution < -0.4 is 5.32 Å². The lowest BCUT2D eigenvalue weighted by atomic mass is 9.89. The normalized spacial score (nSPS) is 18.5. The van der Waals surface area contributed by atoms with E-state index in [1.54, 1.807) is 7.05 Å². The summed E-state index contributed by atoms with van der Waals surface area (Å²) in [6, 6.07) is 0. The Kier molecular flexibility index (Phi) is 4.97. The molecule has 7 nitrogen and oxygen atoms in total. The Hall–Kier alpha value is -2.28. The number of aromatic amines is 1. The number of rotatable bonds is 4. The van der Waals surface area contributed by atoms with E-state index in [1.807, 2.05) is 12.4 Å². The van der Waals surface area contributed by atoms with Crippen LogP contribution in [-0.4, -0.2) is 44.6 Å². The standard InChI is InChI=1S/C19H26N6O/c1-20-19(26)17-15-12-25(8-7-16(15)23-24-17)11-13-9-21-18(22-10-13)14-5-3-2-4-6-14/h9-10,14H,2-8,11-12H2,1H3,(H,20,26)(H,23,24). The molecule has 2 aromatic heterocycles. The summed E-state index contributed by atoms with van der Waals surface area (Å²) in [4.78, 5) is 23.6. The average Bonchev–Trinajstić information content (AvgIpc) is 3.12. The zero-order valence-electron chi connectivity index (χ0n) is 15.3. The van der Waals surface area contributed by atoms with Crippen LogP contribution >= 0.6 is 0 Å². The van der Waals surface area contributed by atoms with Crippen molar-refractivity contribution in [2.75, 3.05) is 13.6 Å². The second-order valence-corrected chi connectivity index (χ2v) is 7.35. The molecule has 1 saturated carbocycles. The van der Waals surface area contributed by atoms with Crippen LogP contribution in [0.3, 0.4) is 0 Å². The van der Waals surface area contributed by atoms with Gasteiger partial charge in [0.1, 0.15) is 5.82 Å². The van der Waals surface area contributed by atoms with E-state index in [4.69, 9.17) is 0 Å². The molecule has 2 N–H and O–H groups in total. The van der Waals surface area contributed by atoms with Gasteiger partial charge in [-0.3, -0.25) is 14.8 Å². The van der Waals surface area contributed by atoms with Gasteiger partial charge >= 0.3 is 0 Å². The monoisotopic (exact) mass is 354 g/mol. The first-order valence-corrected chi connectivity index (χ1v) is 9.56. The van der Waals surface area contributed by atoms with E-state index in [9.17, 15) is 4.79 Å². The molecule has 1 aliphatic heterocycles. The largest absolute Gasteiger partial charge is 0.354 e. The highest BCUT2D eigenvalue weighted by atomic mass is 16.1. The molecule has 0 atom stereocenters. The number of aromatic nitrogens is 4. The minimum atomic E-state index is -0.135. The summed E-state index contributed by atoms with van der Waals surface area (Å²) in [7, 11) is 1.63. The summed E-state index contributed by atoms with van der Waals surface area (Å²) in [6.07, 6.45) is 11.2. The molecule has 1 amide bonds. The zero-order valence-corrected chi connectivity index (χ0v) is 15.3. The molecule has 7 heteroatoms. The lowest BCUT2D eigenvalue weighted by Crippen LogP contribution is -2.31. The number of amides is 1. The molecule has 0 unspecified atom stereocenters.